The number of nitrogens with zero attached hydrogens (tertiary/aromatic N) is 2. The number of ether oxygens (including phenoxy) is 1. The molecule has 190 valence electrons. The van der Waals surface area contributed by atoms with Gasteiger partial charge in [0.15, 0.2) is 0 Å². The first kappa shape index (κ1) is 24.2. The number of rotatable bonds is 8. The van der Waals surface area contributed by atoms with Gasteiger partial charge in [-0.15, -0.1) is 0 Å². The van der Waals surface area contributed by atoms with Crippen molar-refractivity contribution in [2.24, 2.45) is 5.92 Å². The van der Waals surface area contributed by atoms with Crippen LogP contribution in [0.1, 0.15) is 60.6 Å². The number of hydrogen-bond donors (Lipinski definition) is 3. The van der Waals surface area contributed by atoms with Gasteiger partial charge < -0.3 is 20.4 Å². The van der Waals surface area contributed by atoms with E-state index < -0.39 is 18.1 Å². The van der Waals surface area contributed by atoms with E-state index in [2.05, 4.69) is 25.6 Å². The topological polar surface area (TPSA) is 109 Å². The van der Waals surface area contributed by atoms with Crippen LogP contribution in [0.5, 0.6) is 5.75 Å². The number of aryl methyl sites for hydroxylation is 2. The van der Waals surface area contributed by atoms with E-state index in [0.717, 1.165) is 16.9 Å². The Morgan fingerprint density at radius 2 is 1.97 bits per heavy atom. The van der Waals surface area contributed by atoms with Crippen LogP contribution in [0, 0.1) is 19.8 Å². The van der Waals surface area contributed by atoms with E-state index in [1.54, 1.807) is 13.8 Å². The predicted octanol–water partition coefficient (Wildman–Crippen LogP) is 4.16. The lowest BCUT2D eigenvalue weighted by molar-refractivity contribution is -0.121. The summed E-state index contributed by atoms with van der Waals surface area (Å²) in [6.07, 6.45) is 3.48. The number of hydrogen-bond acceptors (Lipinski definition) is 5. The minimum absolute atomic E-state index is 0.118. The van der Waals surface area contributed by atoms with E-state index in [4.69, 9.17) is 4.74 Å². The molecule has 8 nitrogen and oxygen atoms in total. The first-order valence-corrected chi connectivity index (χ1v) is 12.6. The highest BCUT2D eigenvalue weighted by atomic mass is 19.1. The normalized spacial score (nSPS) is 21.5. The number of nitrogens with one attached hydrogen (secondary N) is 3. The van der Waals surface area contributed by atoms with Gasteiger partial charge >= 0.3 is 0 Å². The van der Waals surface area contributed by atoms with Gasteiger partial charge in [-0.2, -0.15) is 0 Å². The van der Waals surface area contributed by atoms with Gasteiger partial charge in [0.1, 0.15) is 29.5 Å². The number of H-pyrrole nitrogens is 1. The maximum absolute atomic E-state index is 14.7. The lowest BCUT2D eigenvalue weighted by Gasteiger charge is -2.15. The van der Waals surface area contributed by atoms with Gasteiger partial charge in [0, 0.05) is 30.1 Å². The Hall–Kier alpha value is -3.49. The molecule has 2 aliphatic carbocycles. The molecule has 3 aromatic rings. The highest BCUT2D eigenvalue weighted by molar-refractivity contribution is 6.09. The Bertz CT molecular complexity index is 1300. The molecule has 5 rings (SSSR count). The molecule has 0 bridgehead atoms. The minimum atomic E-state index is -1.23. The lowest BCUT2D eigenvalue weighted by atomic mass is 10.1. The molecule has 2 aliphatic rings. The summed E-state index contributed by atoms with van der Waals surface area (Å²) in [5.41, 5.74) is 4.68. The van der Waals surface area contributed by atoms with Gasteiger partial charge in [-0.3, -0.25) is 9.59 Å². The summed E-state index contributed by atoms with van der Waals surface area (Å²) in [7, 11) is 0. The fraction of sp³-hybridized carbons (Fsp3) is 0.481. The Kier molecular flexibility index (Phi) is 6.64. The summed E-state index contributed by atoms with van der Waals surface area (Å²) in [5, 5.41) is 5.66. The average molecular weight is 494 g/mol. The van der Waals surface area contributed by atoms with Crippen molar-refractivity contribution >= 4 is 22.8 Å². The molecule has 0 aliphatic heterocycles. The van der Waals surface area contributed by atoms with Gasteiger partial charge in [0.2, 0.25) is 5.91 Å². The molecule has 2 amide bonds. The van der Waals surface area contributed by atoms with E-state index in [0.29, 0.717) is 53.4 Å². The summed E-state index contributed by atoms with van der Waals surface area (Å²) in [6.45, 7) is 6.24. The molecule has 2 saturated carbocycles. The van der Waals surface area contributed by atoms with Crippen molar-refractivity contribution in [2.45, 2.75) is 71.1 Å². The van der Waals surface area contributed by atoms with Gasteiger partial charge in [-0.1, -0.05) is 18.6 Å². The average Bonchev–Trinajstić information content (AvgIpc) is 3.53. The Labute approximate surface area is 209 Å². The number of alkyl halides is 1. The maximum Gasteiger partial charge on any atom is 0.255 e. The largest absolute Gasteiger partial charge is 0.493 e. The van der Waals surface area contributed by atoms with Crippen molar-refractivity contribution in [1.29, 1.82) is 0 Å². The first-order valence-electron chi connectivity index (χ1n) is 12.6. The van der Waals surface area contributed by atoms with Crippen LogP contribution < -0.4 is 15.4 Å². The third-order valence-corrected chi connectivity index (χ3v) is 7.05. The highest BCUT2D eigenvalue weighted by Gasteiger charge is 2.37. The molecule has 9 heteroatoms. The fourth-order valence-electron chi connectivity index (χ4n) is 4.87. The van der Waals surface area contributed by atoms with E-state index in [1.165, 1.54) is 19.2 Å². The van der Waals surface area contributed by atoms with Gasteiger partial charge in [0.25, 0.3) is 5.91 Å². The minimum Gasteiger partial charge on any atom is -0.493 e. The van der Waals surface area contributed by atoms with Crippen molar-refractivity contribution in [3.8, 4) is 17.0 Å². The van der Waals surface area contributed by atoms with Crippen LogP contribution in [0.15, 0.2) is 24.5 Å². The van der Waals surface area contributed by atoms with Crippen LogP contribution in [0.4, 0.5) is 4.39 Å². The SMILES string of the molecule is CCC(=O)N[C@H]1C[C@@H](F)[C@H](NC(=O)c2c(C)[nH]c3c(-c4cc(C)ccc4OCC4CC4)ncnc23)C1. The van der Waals surface area contributed by atoms with Crippen LogP contribution in [0.2, 0.25) is 0 Å². The third-order valence-electron chi connectivity index (χ3n) is 7.05. The predicted molar refractivity (Wildman–Crippen MR) is 135 cm³/mol. The Morgan fingerprint density at radius 1 is 1.17 bits per heavy atom. The number of carbonyl (C=O) groups is 2. The Morgan fingerprint density at radius 3 is 2.72 bits per heavy atom. The van der Waals surface area contributed by atoms with Crippen LogP contribution in [-0.4, -0.2) is 51.6 Å². The van der Waals surface area contributed by atoms with Gasteiger partial charge in [-0.25, -0.2) is 14.4 Å². The van der Waals surface area contributed by atoms with E-state index in [1.807, 2.05) is 25.1 Å². The van der Waals surface area contributed by atoms with E-state index in [-0.39, 0.29) is 18.4 Å². The monoisotopic (exact) mass is 493 g/mol. The summed E-state index contributed by atoms with van der Waals surface area (Å²) >= 11 is 0. The van der Waals surface area contributed by atoms with Crippen LogP contribution in [0.3, 0.4) is 0 Å². The zero-order valence-electron chi connectivity index (χ0n) is 20.9. The Balaban J connectivity index is 1.42. The standard InChI is InChI=1S/C27H32FN5O3/c1-4-22(34)32-17-10-19(28)20(11-17)33-27(35)23-15(3)31-26-24(29-13-30-25(23)26)18-9-14(2)5-8-21(18)36-12-16-6-7-16/h5,8-9,13,16-17,19-20,31H,4,6-7,10-12H2,1-3H3,(H,32,34)(H,33,35)/t17-,19+,20+/m0/s1. The second kappa shape index (κ2) is 9.87. The zero-order valence-corrected chi connectivity index (χ0v) is 20.9. The molecule has 36 heavy (non-hydrogen) atoms. The van der Waals surface area contributed by atoms with Crippen molar-refractivity contribution in [2.75, 3.05) is 6.61 Å². The zero-order chi connectivity index (χ0) is 25.4. The van der Waals surface area contributed by atoms with E-state index in [9.17, 15) is 14.0 Å². The molecule has 3 N–H and O–H groups in total. The molecular formula is C27H32FN5O3. The second-order valence-corrected chi connectivity index (χ2v) is 10.0. The van der Waals surface area contributed by atoms with Crippen molar-refractivity contribution in [1.82, 2.24) is 25.6 Å². The molecule has 1 aromatic carbocycles. The molecule has 0 radical (unpaired) electrons. The van der Waals surface area contributed by atoms with Crippen LogP contribution in [0.25, 0.3) is 22.3 Å². The van der Waals surface area contributed by atoms with Crippen molar-refractivity contribution < 1.29 is 18.7 Å². The molecule has 0 saturated heterocycles. The number of carbonyl (C=O) groups excluding carboxylic acids is 2. The van der Waals surface area contributed by atoms with Crippen LogP contribution in [-0.2, 0) is 4.79 Å². The van der Waals surface area contributed by atoms with Crippen LogP contribution >= 0.6 is 0 Å². The maximum atomic E-state index is 14.7. The van der Waals surface area contributed by atoms with Gasteiger partial charge in [0.05, 0.1) is 23.7 Å². The molecule has 0 spiro atoms. The molecular weight excluding hydrogens is 461 g/mol. The summed E-state index contributed by atoms with van der Waals surface area (Å²) in [6, 6.07) is 5.03. The van der Waals surface area contributed by atoms with Gasteiger partial charge in [-0.05, 0) is 51.2 Å². The first-order chi connectivity index (χ1) is 17.3. The quantitative estimate of drug-likeness (QED) is 0.437. The summed E-state index contributed by atoms with van der Waals surface area (Å²) in [4.78, 5) is 37.3. The molecule has 2 fully saturated rings. The molecule has 2 heterocycles. The molecule has 0 unspecified atom stereocenters. The number of amides is 2. The second-order valence-electron chi connectivity index (χ2n) is 10.0. The third kappa shape index (κ3) is 4.92. The number of aromatic nitrogens is 3. The number of benzene rings is 1. The number of halogens is 1. The smallest absolute Gasteiger partial charge is 0.255 e. The van der Waals surface area contributed by atoms with E-state index >= 15 is 0 Å². The fourth-order valence-corrected chi connectivity index (χ4v) is 4.87. The number of aromatic amines is 1. The lowest BCUT2D eigenvalue weighted by Crippen LogP contribution is -2.39. The number of fused-ring (bicyclic) bond motifs is 1. The van der Waals surface area contributed by atoms with Crippen molar-refractivity contribution in [3.05, 3.63) is 41.3 Å². The molecule has 3 atom stereocenters. The summed E-state index contributed by atoms with van der Waals surface area (Å²) < 4.78 is 20.8. The molecule has 2 aromatic heterocycles. The van der Waals surface area contributed by atoms with Crippen molar-refractivity contribution in [3.63, 3.8) is 0 Å². The highest BCUT2D eigenvalue weighted by Crippen LogP contribution is 2.37. The summed E-state index contributed by atoms with van der Waals surface area (Å²) in [5.74, 6) is 0.843.